The molecule has 3 nitrogen and oxygen atoms in total. The molecule has 2 rings (SSSR count). The van der Waals surface area contributed by atoms with Crippen LogP contribution in [0.2, 0.25) is 0 Å². The minimum Gasteiger partial charge on any atom is -0.391 e. The quantitative estimate of drug-likeness (QED) is 0.811. The molecule has 0 spiro atoms. The van der Waals surface area contributed by atoms with Crippen molar-refractivity contribution in [3.8, 4) is 0 Å². The van der Waals surface area contributed by atoms with Crippen LogP contribution in [0.25, 0.3) is 0 Å². The summed E-state index contributed by atoms with van der Waals surface area (Å²) >= 11 is 0. The second-order valence-electron chi connectivity index (χ2n) is 5.37. The van der Waals surface area contributed by atoms with E-state index in [9.17, 15) is 36.2 Å². The summed E-state index contributed by atoms with van der Waals surface area (Å²) in [5.41, 5.74) is -3.85. The van der Waals surface area contributed by atoms with Crippen LogP contribution < -0.4 is 5.32 Å². The Morgan fingerprint density at radius 3 is 1.91 bits per heavy atom. The molecule has 0 bridgehead atoms. The van der Waals surface area contributed by atoms with Crippen molar-refractivity contribution < 1.29 is 36.2 Å². The van der Waals surface area contributed by atoms with Gasteiger partial charge in [-0.2, -0.15) is 26.3 Å². The van der Waals surface area contributed by atoms with Gasteiger partial charge in [-0.05, 0) is 37.5 Å². The molecule has 1 aromatic carbocycles. The Morgan fingerprint density at radius 2 is 1.52 bits per heavy atom. The molecule has 2 atom stereocenters. The average Bonchev–Trinajstić information content (AvgIpc) is 2.82. The van der Waals surface area contributed by atoms with Gasteiger partial charge in [0, 0.05) is 5.56 Å². The van der Waals surface area contributed by atoms with Crippen molar-refractivity contribution in [1.29, 1.82) is 0 Å². The van der Waals surface area contributed by atoms with Gasteiger partial charge in [0.2, 0.25) is 0 Å². The third-order valence-corrected chi connectivity index (χ3v) is 3.65. The molecule has 1 amide bonds. The largest absolute Gasteiger partial charge is 0.416 e. The Hall–Kier alpha value is -1.77. The van der Waals surface area contributed by atoms with Crippen LogP contribution in [0.4, 0.5) is 26.3 Å². The average molecular weight is 341 g/mol. The van der Waals surface area contributed by atoms with Gasteiger partial charge in [-0.3, -0.25) is 4.79 Å². The number of hydrogen-bond donors (Lipinski definition) is 2. The first-order valence-electron chi connectivity index (χ1n) is 6.77. The summed E-state index contributed by atoms with van der Waals surface area (Å²) < 4.78 is 76.4. The Balaban J connectivity index is 2.35. The second kappa shape index (κ2) is 6.03. The van der Waals surface area contributed by atoms with E-state index in [0.29, 0.717) is 31.4 Å². The van der Waals surface area contributed by atoms with E-state index in [2.05, 4.69) is 5.32 Å². The fourth-order valence-corrected chi connectivity index (χ4v) is 2.45. The van der Waals surface area contributed by atoms with Gasteiger partial charge in [0.05, 0.1) is 23.3 Å². The van der Waals surface area contributed by atoms with Gasteiger partial charge in [0.15, 0.2) is 0 Å². The maximum absolute atomic E-state index is 12.7. The standard InChI is InChI=1S/C14H13F6NO2/c15-13(16,17)8-4-7(5-9(6-8)14(18,19)20)12(23)21-10-2-1-3-11(10)22/h4-6,10-11,22H,1-3H2,(H,21,23)/t10-,11+/m0/s1. The molecule has 1 saturated carbocycles. The van der Waals surface area contributed by atoms with Gasteiger partial charge in [-0.15, -0.1) is 0 Å². The van der Waals surface area contributed by atoms with Crippen LogP contribution in [0, 0.1) is 0 Å². The van der Waals surface area contributed by atoms with Crippen molar-refractivity contribution in [2.24, 2.45) is 0 Å². The zero-order valence-electron chi connectivity index (χ0n) is 11.6. The van der Waals surface area contributed by atoms with E-state index in [1.807, 2.05) is 0 Å². The third kappa shape index (κ3) is 4.15. The van der Waals surface area contributed by atoms with Crippen molar-refractivity contribution in [2.45, 2.75) is 43.8 Å². The summed E-state index contributed by atoms with van der Waals surface area (Å²) in [5, 5.41) is 11.9. The zero-order valence-corrected chi connectivity index (χ0v) is 11.6. The molecule has 1 fully saturated rings. The number of carbonyl (C=O) groups excluding carboxylic acids is 1. The van der Waals surface area contributed by atoms with Gasteiger partial charge in [0.1, 0.15) is 0 Å². The number of alkyl halides is 6. The van der Waals surface area contributed by atoms with Crippen molar-refractivity contribution in [1.82, 2.24) is 5.32 Å². The fraction of sp³-hybridized carbons (Fsp3) is 0.500. The van der Waals surface area contributed by atoms with Crippen LogP contribution in [0.5, 0.6) is 0 Å². The number of aliphatic hydroxyl groups excluding tert-OH is 1. The highest BCUT2D eigenvalue weighted by molar-refractivity contribution is 5.95. The lowest BCUT2D eigenvalue weighted by Crippen LogP contribution is -2.40. The fourth-order valence-electron chi connectivity index (χ4n) is 2.45. The minimum absolute atomic E-state index is 0.0405. The monoisotopic (exact) mass is 341 g/mol. The number of carbonyl (C=O) groups is 1. The molecule has 1 aliphatic carbocycles. The van der Waals surface area contributed by atoms with Crippen molar-refractivity contribution in [2.75, 3.05) is 0 Å². The Labute approximate surface area is 127 Å². The number of rotatable bonds is 2. The number of halogens is 6. The Bertz CT molecular complexity index is 564. The summed E-state index contributed by atoms with van der Waals surface area (Å²) in [5.74, 6) is -1.08. The van der Waals surface area contributed by atoms with Crippen molar-refractivity contribution in [3.05, 3.63) is 34.9 Å². The Morgan fingerprint density at radius 1 is 1.00 bits per heavy atom. The predicted molar refractivity (Wildman–Crippen MR) is 67.6 cm³/mol. The normalized spacial score (nSPS) is 22.2. The summed E-state index contributed by atoms with van der Waals surface area (Å²) in [6.07, 6.45) is -9.43. The molecule has 0 heterocycles. The number of aliphatic hydroxyl groups is 1. The lowest BCUT2D eigenvalue weighted by molar-refractivity contribution is -0.143. The Kier molecular flexibility index (Phi) is 4.61. The first-order chi connectivity index (χ1) is 10.5. The van der Waals surface area contributed by atoms with Crippen LogP contribution in [-0.4, -0.2) is 23.2 Å². The summed E-state index contributed by atoms with van der Waals surface area (Å²) in [6, 6.07) is 0.0188. The SMILES string of the molecule is O=C(N[C@H]1CCC[C@H]1O)c1cc(C(F)(F)F)cc(C(F)(F)F)c1. The molecule has 0 saturated heterocycles. The number of amides is 1. The highest BCUT2D eigenvalue weighted by atomic mass is 19.4. The first-order valence-corrected chi connectivity index (χ1v) is 6.77. The number of benzene rings is 1. The topological polar surface area (TPSA) is 49.3 Å². The van der Waals surface area contributed by atoms with Crippen LogP contribution in [0.3, 0.4) is 0 Å². The molecular formula is C14H13F6NO2. The van der Waals surface area contributed by atoms with E-state index in [-0.39, 0.29) is 6.07 Å². The molecule has 128 valence electrons. The molecule has 1 aliphatic rings. The van der Waals surface area contributed by atoms with Crippen LogP contribution >= 0.6 is 0 Å². The number of hydrogen-bond acceptors (Lipinski definition) is 2. The molecule has 1 aromatic rings. The lowest BCUT2D eigenvalue weighted by Gasteiger charge is -2.18. The summed E-state index contributed by atoms with van der Waals surface area (Å²) in [6.45, 7) is 0. The van der Waals surface area contributed by atoms with E-state index < -0.39 is 47.1 Å². The molecule has 2 N–H and O–H groups in total. The highest BCUT2D eigenvalue weighted by Gasteiger charge is 2.38. The predicted octanol–water partition coefficient (Wildman–Crippen LogP) is 3.37. The van der Waals surface area contributed by atoms with Gasteiger partial charge in [-0.1, -0.05) is 0 Å². The van der Waals surface area contributed by atoms with E-state index in [1.165, 1.54) is 0 Å². The van der Waals surface area contributed by atoms with Crippen LogP contribution in [0.15, 0.2) is 18.2 Å². The van der Waals surface area contributed by atoms with Gasteiger partial charge < -0.3 is 10.4 Å². The van der Waals surface area contributed by atoms with E-state index >= 15 is 0 Å². The second-order valence-corrected chi connectivity index (χ2v) is 5.37. The maximum Gasteiger partial charge on any atom is 0.416 e. The van der Waals surface area contributed by atoms with Gasteiger partial charge in [0.25, 0.3) is 5.91 Å². The molecule has 0 aliphatic heterocycles. The van der Waals surface area contributed by atoms with Crippen LogP contribution in [-0.2, 0) is 12.4 Å². The lowest BCUT2D eigenvalue weighted by atomic mass is 10.0. The zero-order chi connectivity index (χ0) is 17.4. The molecule has 23 heavy (non-hydrogen) atoms. The third-order valence-electron chi connectivity index (χ3n) is 3.65. The minimum atomic E-state index is -5.01. The molecular weight excluding hydrogens is 328 g/mol. The summed E-state index contributed by atoms with van der Waals surface area (Å²) in [7, 11) is 0. The maximum atomic E-state index is 12.7. The van der Waals surface area contributed by atoms with E-state index in [4.69, 9.17) is 0 Å². The van der Waals surface area contributed by atoms with E-state index in [1.54, 1.807) is 0 Å². The summed E-state index contributed by atoms with van der Waals surface area (Å²) in [4.78, 5) is 11.9. The van der Waals surface area contributed by atoms with Gasteiger partial charge >= 0.3 is 12.4 Å². The van der Waals surface area contributed by atoms with E-state index in [0.717, 1.165) is 0 Å². The smallest absolute Gasteiger partial charge is 0.391 e. The molecule has 9 heteroatoms. The highest BCUT2D eigenvalue weighted by Crippen LogP contribution is 2.36. The van der Waals surface area contributed by atoms with Crippen LogP contribution in [0.1, 0.15) is 40.7 Å². The first kappa shape index (κ1) is 17.6. The molecule has 0 unspecified atom stereocenters. The van der Waals surface area contributed by atoms with Gasteiger partial charge in [-0.25, -0.2) is 0 Å². The van der Waals surface area contributed by atoms with Crippen molar-refractivity contribution >= 4 is 5.91 Å². The van der Waals surface area contributed by atoms with Crippen molar-refractivity contribution in [3.63, 3.8) is 0 Å². The molecule has 0 radical (unpaired) electrons. The number of nitrogens with one attached hydrogen (secondary N) is 1. The molecule has 0 aromatic heterocycles.